The van der Waals surface area contributed by atoms with Crippen molar-refractivity contribution < 1.29 is 0 Å². The zero-order valence-corrected chi connectivity index (χ0v) is 11.0. The molecule has 0 spiro atoms. The van der Waals surface area contributed by atoms with Crippen LogP contribution in [-0.4, -0.2) is 31.1 Å². The minimum atomic E-state index is 0.651. The predicted molar refractivity (Wildman–Crippen MR) is 69.3 cm³/mol. The molecular formula is C14H28N2. The van der Waals surface area contributed by atoms with Crippen LogP contribution in [0.2, 0.25) is 0 Å². The Morgan fingerprint density at radius 1 is 1.31 bits per heavy atom. The van der Waals surface area contributed by atoms with Crippen molar-refractivity contribution in [3.63, 3.8) is 0 Å². The molecule has 2 aliphatic rings. The van der Waals surface area contributed by atoms with Crippen LogP contribution in [0.25, 0.3) is 0 Å². The van der Waals surface area contributed by atoms with Crippen LogP contribution in [0.4, 0.5) is 0 Å². The molecule has 4 unspecified atom stereocenters. The lowest BCUT2D eigenvalue weighted by atomic mass is 9.88. The van der Waals surface area contributed by atoms with Gasteiger partial charge in [0.05, 0.1) is 0 Å². The highest BCUT2D eigenvalue weighted by Crippen LogP contribution is 2.48. The summed E-state index contributed by atoms with van der Waals surface area (Å²) in [6.45, 7) is 9.11. The van der Waals surface area contributed by atoms with Gasteiger partial charge in [0.1, 0.15) is 0 Å². The van der Waals surface area contributed by atoms with E-state index in [1.807, 2.05) is 0 Å². The molecule has 2 fully saturated rings. The number of fused-ring (bicyclic) bond motifs is 2. The van der Waals surface area contributed by atoms with E-state index in [9.17, 15) is 0 Å². The van der Waals surface area contributed by atoms with Crippen molar-refractivity contribution in [1.82, 2.24) is 4.90 Å². The lowest BCUT2D eigenvalue weighted by molar-refractivity contribution is 0.179. The maximum atomic E-state index is 5.72. The van der Waals surface area contributed by atoms with Crippen molar-refractivity contribution in [2.45, 2.75) is 39.5 Å². The van der Waals surface area contributed by atoms with Gasteiger partial charge in [-0.3, -0.25) is 0 Å². The summed E-state index contributed by atoms with van der Waals surface area (Å²) in [5.41, 5.74) is 5.72. The van der Waals surface area contributed by atoms with Crippen LogP contribution >= 0.6 is 0 Å². The predicted octanol–water partition coefficient (Wildman–Crippen LogP) is 2.34. The maximum Gasteiger partial charge on any atom is 0.00191 e. The van der Waals surface area contributed by atoms with Crippen LogP contribution in [-0.2, 0) is 0 Å². The summed E-state index contributed by atoms with van der Waals surface area (Å²) in [6.07, 6.45) is 6.08. The van der Waals surface area contributed by atoms with E-state index in [4.69, 9.17) is 5.73 Å². The second kappa shape index (κ2) is 5.50. The number of nitrogens with two attached hydrogens (primary N) is 1. The molecule has 2 N–H and O–H groups in total. The van der Waals surface area contributed by atoms with Gasteiger partial charge in [-0.05, 0) is 56.0 Å². The Bertz CT molecular complexity index is 217. The Kier molecular flexibility index (Phi) is 4.26. The Labute approximate surface area is 101 Å². The van der Waals surface area contributed by atoms with Gasteiger partial charge >= 0.3 is 0 Å². The maximum absolute atomic E-state index is 5.72. The molecule has 2 aliphatic carbocycles. The molecule has 2 bridgehead atoms. The molecule has 4 atom stereocenters. The first-order chi connectivity index (χ1) is 7.72. The fourth-order valence-corrected chi connectivity index (χ4v) is 3.78. The zero-order chi connectivity index (χ0) is 11.5. The minimum Gasteiger partial charge on any atom is -0.330 e. The highest BCUT2D eigenvalue weighted by atomic mass is 15.1. The summed E-state index contributed by atoms with van der Waals surface area (Å²) in [5, 5.41) is 0. The third kappa shape index (κ3) is 2.78. The molecule has 0 aliphatic heterocycles. The number of hydrogen-bond acceptors (Lipinski definition) is 2. The smallest absolute Gasteiger partial charge is 0.00191 e. The summed E-state index contributed by atoms with van der Waals surface area (Å²) in [5.74, 6) is 3.80. The molecule has 2 rings (SSSR count). The molecule has 0 saturated heterocycles. The number of hydrogen-bond donors (Lipinski definition) is 1. The zero-order valence-electron chi connectivity index (χ0n) is 11.0. The van der Waals surface area contributed by atoms with E-state index >= 15 is 0 Å². The molecular weight excluding hydrogens is 196 g/mol. The lowest BCUT2D eigenvalue weighted by Crippen LogP contribution is -2.36. The van der Waals surface area contributed by atoms with E-state index < -0.39 is 0 Å². The first kappa shape index (κ1) is 12.4. The molecule has 0 aromatic carbocycles. The van der Waals surface area contributed by atoms with Crippen molar-refractivity contribution in [2.75, 3.05) is 26.2 Å². The van der Waals surface area contributed by atoms with Crippen molar-refractivity contribution in [3.05, 3.63) is 0 Å². The summed E-state index contributed by atoms with van der Waals surface area (Å²) in [7, 11) is 0. The van der Waals surface area contributed by atoms with Crippen molar-refractivity contribution in [1.29, 1.82) is 0 Å². The normalized spacial score (nSPS) is 34.9. The quantitative estimate of drug-likeness (QED) is 0.750. The minimum absolute atomic E-state index is 0.651. The van der Waals surface area contributed by atoms with Crippen LogP contribution in [0.15, 0.2) is 0 Å². The highest BCUT2D eigenvalue weighted by Gasteiger charge is 2.39. The van der Waals surface area contributed by atoms with Gasteiger partial charge in [-0.15, -0.1) is 0 Å². The second-order valence-electron chi connectivity index (χ2n) is 6.13. The van der Waals surface area contributed by atoms with Gasteiger partial charge in [-0.1, -0.05) is 20.3 Å². The van der Waals surface area contributed by atoms with E-state index in [1.165, 1.54) is 45.3 Å². The molecule has 0 heterocycles. The number of nitrogens with zero attached hydrogens (tertiary/aromatic N) is 1. The van der Waals surface area contributed by atoms with Gasteiger partial charge in [0.25, 0.3) is 0 Å². The van der Waals surface area contributed by atoms with E-state index in [-0.39, 0.29) is 0 Å². The topological polar surface area (TPSA) is 29.3 Å². The van der Waals surface area contributed by atoms with Crippen LogP contribution in [0, 0.1) is 23.7 Å². The fraction of sp³-hybridized carbons (Fsp3) is 1.00. The number of rotatable bonds is 6. The van der Waals surface area contributed by atoms with E-state index in [1.54, 1.807) is 0 Å². The third-order valence-corrected chi connectivity index (χ3v) is 4.80. The molecule has 0 radical (unpaired) electrons. The van der Waals surface area contributed by atoms with Crippen LogP contribution in [0.5, 0.6) is 0 Å². The van der Waals surface area contributed by atoms with Crippen LogP contribution in [0.1, 0.15) is 39.5 Å². The largest absolute Gasteiger partial charge is 0.330 e. The average molecular weight is 224 g/mol. The van der Waals surface area contributed by atoms with Gasteiger partial charge in [0.15, 0.2) is 0 Å². The standard InChI is InChI=1S/C14H28N2/c1-3-16(9-11(2)8-15)10-14-7-12-4-5-13(14)6-12/h11-14H,3-10,15H2,1-2H3. The molecule has 16 heavy (non-hydrogen) atoms. The van der Waals surface area contributed by atoms with Crippen molar-refractivity contribution >= 4 is 0 Å². The molecule has 0 aromatic rings. The van der Waals surface area contributed by atoms with Gasteiger partial charge in [-0.25, -0.2) is 0 Å². The molecule has 2 nitrogen and oxygen atoms in total. The van der Waals surface area contributed by atoms with Crippen LogP contribution in [0.3, 0.4) is 0 Å². The average Bonchev–Trinajstić information content (AvgIpc) is 2.89. The van der Waals surface area contributed by atoms with Gasteiger partial charge in [0, 0.05) is 13.1 Å². The Morgan fingerprint density at radius 3 is 2.62 bits per heavy atom. The van der Waals surface area contributed by atoms with Crippen molar-refractivity contribution in [2.24, 2.45) is 29.4 Å². The third-order valence-electron chi connectivity index (χ3n) is 4.80. The van der Waals surface area contributed by atoms with Crippen molar-refractivity contribution in [3.8, 4) is 0 Å². The highest BCUT2D eigenvalue weighted by molar-refractivity contribution is 4.91. The van der Waals surface area contributed by atoms with E-state index in [0.717, 1.165) is 24.3 Å². The van der Waals surface area contributed by atoms with E-state index in [0.29, 0.717) is 5.92 Å². The van der Waals surface area contributed by atoms with E-state index in [2.05, 4.69) is 18.7 Å². The molecule has 2 saturated carbocycles. The SMILES string of the molecule is CCN(CC(C)CN)CC1CC2CCC1C2. The molecule has 0 aromatic heterocycles. The summed E-state index contributed by atoms with van der Waals surface area (Å²) < 4.78 is 0. The van der Waals surface area contributed by atoms with Crippen LogP contribution < -0.4 is 5.73 Å². The van der Waals surface area contributed by atoms with Gasteiger partial charge in [-0.2, -0.15) is 0 Å². The first-order valence-electron chi connectivity index (χ1n) is 7.15. The Balaban J connectivity index is 1.78. The summed E-state index contributed by atoms with van der Waals surface area (Å²) in [6, 6.07) is 0. The summed E-state index contributed by atoms with van der Waals surface area (Å²) in [4.78, 5) is 2.63. The Hall–Kier alpha value is -0.0800. The fourth-order valence-electron chi connectivity index (χ4n) is 3.78. The lowest BCUT2D eigenvalue weighted by Gasteiger charge is -2.30. The van der Waals surface area contributed by atoms with Gasteiger partial charge in [0.2, 0.25) is 0 Å². The second-order valence-corrected chi connectivity index (χ2v) is 6.13. The van der Waals surface area contributed by atoms with Gasteiger partial charge < -0.3 is 10.6 Å². The Morgan fingerprint density at radius 2 is 2.12 bits per heavy atom. The molecule has 0 amide bonds. The molecule has 2 heteroatoms. The monoisotopic (exact) mass is 224 g/mol. The molecule has 94 valence electrons. The first-order valence-corrected chi connectivity index (χ1v) is 7.15. The summed E-state index contributed by atoms with van der Waals surface area (Å²) >= 11 is 0.